The van der Waals surface area contributed by atoms with Gasteiger partial charge >= 0.3 is 0 Å². The van der Waals surface area contributed by atoms with Crippen LogP contribution in [0.25, 0.3) is 11.0 Å². The minimum absolute atomic E-state index is 0.0563. The van der Waals surface area contributed by atoms with Gasteiger partial charge in [-0.1, -0.05) is 25.2 Å². The molecule has 2 aromatic heterocycles. The third-order valence-corrected chi connectivity index (χ3v) is 5.30. The highest BCUT2D eigenvalue weighted by molar-refractivity contribution is 14.1. The van der Waals surface area contributed by atoms with Crippen LogP contribution >= 0.6 is 34.2 Å². The summed E-state index contributed by atoms with van der Waals surface area (Å²) in [5.74, 6) is 0. The molecule has 0 spiro atoms. The summed E-state index contributed by atoms with van der Waals surface area (Å²) in [5.41, 5.74) is -0.945. The largest absolute Gasteiger partial charge is 0.437 e. The lowest BCUT2D eigenvalue weighted by Gasteiger charge is -2.30. The third-order valence-electron chi connectivity index (χ3n) is 4.20. The van der Waals surface area contributed by atoms with Crippen molar-refractivity contribution in [1.29, 1.82) is 2.67 Å². The van der Waals surface area contributed by atoms with E-state index < -0.39 is 38.9 Å². The second kappa shape index (κ2) is 7.69. The number of fused-ring (bicyclic) bond motifs is 1. The van der Waals surface area contributed by atoms with Gasteiger partial charge in [0.1, 0.15) is 34.9 Å². The molecule has 2 aromatic rings. The Kier molecular flexibility index (Phi) is 5.16. The van der Waals surface area contributed by atoms with Gasteiger partial charge < -0.3 is 23.7 Å². The van der Waals surface area contributed by atoms with E-state index in [0.29, 0.717) is 16.2 Å². The molecular weight excluding hydrogens is 458 g/mol. The molecule has 1 fully saturated rings. The molecule has 1 N–H and O–H groups in total. The van der Waals surface area contributed by atoms with Gasteiger partial charge in [-0.2, -0.15) is 0 Å². The molecule has 1 saturated heterocycles. The summed E-state index contributed by atoms with van der Waals surface area (Å²) in [6, 6.07) is 0. The molecule has 0 saturated carbocycles. The summed E-state index contributed by atoms with van der Waals surface area (Å²) in [7, 11) is -1.61. The number of rotatable bonds is 6. The van der Waals surface area contributed by atoms with E-state index in [1.54, 1.807) is 31.3 Å². The van der Waals surface area contributed by atoms with Gasteiger partial charge in [-0.3, -0.25) is 0 Å². The molecule has 0 amide bonds. The fourth-order valence-electron chi connectivity index (χ4n) is 3.11. The number of aliphatic hydroxyl groups is 1. The van der Waals surface area contributed by atoms with Crippen molar-refractivity contribution in [2.24, 2.45) is 0 Å². The van der Waals surface area contributed by atoms with E-state index in [1.807, 2.05) is 0 Å². The molecule has 3 rings (SSSR count). The van der Waals surface area contributed by atoms with Gasteiger partial charge in [0, 0.05) is 12.4 Å². The van der Waals surface area contributed by atoms with Crippen molar-refractivity contribution in [3.05, 3.63) is 21.2 Å². The van der Waals surface area contributed by atoms with E-state index in [4.69, 9.17) is 28.3 Å². The second-order valence-electron chi connectivity index (χ2n) is 5.86. The molecule has 0 aromatic carbocycles. The highest BCUT2D eigenvalue weighted by Gasteiger charge is 2.54. The van der Waals surface area contributed by atoms with E-state index in [2.05, 4.69) is 32.6 Å². The summed E-state index contributed by atoms with van der Waals surface area (Å²) in [5, 5.41) is 12.2. The normalized spacial score (nSPS) is 30.4. The summed E-state index contributed by atoms with van der Waals surface area (Å²) in [4.78, 5) is 8.30. The quantitative estimate of drug-likeness (QED) is 0.385. The maximum Gasteiger partial charge on any atom is 0.272 e. The molecular formula is C14H19B2ClIN3O4. The topological polar surface area (TPSA) is 78.6 Å². The third kappa shape index (κ3) is 3.44. The smallest absolute Gasteiger partial charge is 0.272 e. The van der Waals surface area contributed by atoms with Crippen molar-refractivity contribution >= 4 is 60.1 Å². The Labute approximate surface area is 168 Å². The molecule has 1 aliphatic rings. The Balaban J connectivity index is 2.01. The lowest BCUT2D eigenvalue weighted by atomic mass is 9.93. The Morgan fingerprint density at radius 2 is 2.28 bits per heavy atom. The van der Waals surface area contributed by atoms with Crippen LogP contribution in [0.2, 0.25) is 18.8 Å². The van der Waals surface area contributed by atoms with Crippen LogP contribution in [-0.2, 0) is 14.0 Å². The van der Waals surface area contributed by atoms with Crippen LogP contribution < -0.4 is 0 Å². The highest BCUT2D eigenvalue weighted by atomic mass is 127. The second-order valence-corrected chi connectivity index (χ2v) is 7.38. The van der Waals surface area contributed by atoms with Crippen LogP contribution in [0.15, 0.2) is 12.5 Å². The van der Waals surface area contributed by atoms with E-state index in [-0.39, 0.29) is 6.61 Å². The first-order valence-corrected chi connectivity index (χ1v) is 9.24. The van der Waals surface area contributed by atoms with E-state index in [0.717, 1.165) is 3.57 Å². The van der Waals surface area contributed by atoms with Crippen LogP contribution in [0.4, 0.5) is 0 Å². The van der Waals surface area contributed by atoms with Crippen molar-refractivity contribution in [3.8, 4) is 0 Å². The van der Waals surface area contributed by atoms with Crippen molar-refractivity contribution in [2.45, 2.75) is 44.6 Å². The van der Waals surface area contributed by atoms with Gasteiger partial charge in [-0.15, -0.1) is 0 Å². The number of ether oxygens (including phenoxy) is 1. The minimum Gasteiger partial charge on any atom is -0.437 e. The fourth-order valence-corrected chi connectivity index (χ4v) is 4.30. The van der Waals surface area contributed by atoms with Crippen LogP contribution in [0.5, 0.6) is 0 Å². The van der Waals surface area contributed by atoms with Gasteiger partial charge in [0.25, 0.3) is 14.9 Å². The number of hydrogen-bond donors (Lipinski definition) is 1. The Morgan fingerprint density at radius 1 is 1.52 bits per heavy atom. The van der Waals surface area contributed by atoms with Gasteiger partial charge in [-0.05, 0) is 29.5 Å². The fraction of sp³-hybridized carbons (Fsp3) is 0.571. The zero-order valence-electron chi connectivity index (χ0n) is 16.0. The molecule has 2 unspecified atom stereocenters. The molecule has 0 bridgehead atoms. The van der Waals surface area contributed by atoms with E-state index in [9.17, 15) is 5.11 Å². The zero-order valence-corrected chi connectivity index (χ0v) is 16.9. The molecule has 25 heavy (non-hydrogen) atoms. The molecule has 11 heteroatoms. The van der Waals surface area contributed by atoms with E-state index >= 15 is 0 Å². The zero-order chi connectivity index (χ0) is 19.9. The van der Waals surface area contributed by atoms with Crippen molar-refractivity contribution in [1.82, 2.24) is 14.5 Å². The molecule has 0 aliphatic carbocycles. The predicted octanol–water partition coefficient (Wildman–Crippen LogP) is 1.54. The standard InChI is InChI=1S/C14H19B2ClIN3O4/c1-14(22)10(25-16-3)8(5-23-15-2)24-13(14)21-4-7(18)9-11(17)19-6-20-12(9)21/h4,6,8,10,13,15-16,22H,5H2,1-3H3/t8-,10-,13?,14?/m1/s1/i15D,16D. The Bertz CT molecular complexity index is 829. The van der Waals surface area contributed by atoms with Crippen LogP contribution in [0, 0.1) is 3.57 Å². The Morgan fingerprint density at radius 3 is 2.96 bits per heavy atom. The van der Waals surface area contributed by atoms with Crippen LogP contribution in [0.3, 0.4) is 0 Å². The number of nitrogens with zero attached hydrogens (tertiary/aromatic N) is 3. The monoisotopic (exact) mass is 479 g/mol. The van der Waals surface area contributed by atoms with Crippen LogP contribution in [-0.4, -0.2) is 61.6 Å². The minimum atomic E-state index is -1.47. The van der Waals surface area contributed by atoms with Gasteiger partial charge in [0.15, 0.2) is 6.23 Å². The summed E-state index contributed by atoms with van der Waals surface area (Å²) in [6.07, 6.45) is 0.818. The maximum absolute atomic E-state index is 11.3. The molecule has 3 heterocycles. The first-order chi connectivity index (χ1) is 12.6. The molecule has 4 atom stereocenters. The molecule has 1 aliphatic heterocycles. The summed E-state index contributed by atoms with van der Waals surface area (Å²) >= 11 is 8.33. The van der Waals surface area contributed by atoms with Gasteiger partial charge in [0.2, 0.25) is 0 Å². The van der Waals surface area contributed by atoms with Crippen molar-refractivity contribution < 1.29 is 19.2 Å². The Hall–Kier alpha value is -0.390. The lowest BCUT2D eigenvalue weighted by Crippen LogP contribution is -2.46. The van der Waals surface area contributed by atoms with Gasteiger partial charge in [0.05, 0.1) is 12.0 Å². The molecule has 7 nitrogen and oxygen atoms in total. The SMILES string of the molecule is [2H]B(C)OC[C@H]1OC(n2cc(I)c3c(Cl)ncnc32)C(C)(O)[C@@H]1OB([2H])C. The van der Waals surface area contributed by atoms with Crippen molar-refractivity contribution in [3.63, 3.8) is 0 Å². The number of hydrogen-bond acceptors (Lipinski definition) is 6. The summed E-state index contributed by atoms with van der Waals surface area (Å²) in [6.45, 7) is 4.81. The number of aromatic nitrogens is 3. The molecule has 0 radical (unpaired) electrons. The van der Waals surface area contributed by atoms with Gasteiger partial charge in [-0.25, -0.2) is 9.97 Å². The average molecular weight is 479 g/mol. The maximum atomic E-state index is 11.3. The van der Waals surface area contributed by atoms with Crippen LogP contribution in [0.1, 0.15) is 13.2 Å². The predicted molar refractivity (Wildman–Crippen MR) is 107 cm³/mol. The number of halogens is 2. The average Bonchev–Trinajstić information content (AvgIpc) is 3.01. The highest BCUT2D eigenvalue weighted by Crippen LogP contribution is 2.42. The molecule has 134 valence electrons. The first kappa shape index (κ1) is 16.8. The van der Waals surface area contributed by atoms with Crippen molar-refractivity contribution in [2.75, 3.05) is 6.61 Å². The first-order valence-electron chi connectivity index (χ1n) is 8.94. The summed E-state index contributed by atoms with van der Waals surface area (Å²) < 4.78 is 34.9. The van der Waals surface area contributed by atoms with E-state index in [1.165, 1.54) is 6.33 Å². The lowest BCUT2D eigenvalue weighted by molar-refractivity contribution is -0.0916.